The number of ether oxygens (including phenoxy) is 1. The first-order chi connectivity index (χ1) is 10.2. The van der Waals surface area contributed by atoms with E-state index < -0.39 is 17.7 Å². The maximum atomic E-state index is 11.8. The molecule has 0 aromatic carbocycles. The van der Waals surface area contributed by atoms with E-state index in [0.717, 1.165) is 13.0 Å². The molecule has 1 aliphatic heterocycles. The van der Waals surface area contributed by atoms with Gasteiger partial charge in [0.15, 0.2) is 0 Å². The summed E-state index contributed by atoms with van der Waals surface area (Å²) in [5.41, 5.74) is -0.595. The van der Waals surface area contributed by atoms with Crippen molar-refractivity contribution in [1.29, 1.82) is 0 Å². The zero-order valence-electron chi connectivity index (χ0n) is 13.9. The van der Waals surface area contributed by atoms with Gasteiger partial charge in [0.05, 0.1) is 0 Å². The molecule has 0 spiro atoms. The van der Waals surface area contributed by atoms with Crippen LogP contribution in [0.15, 0.2) is 0 Å². The Morgan fingerprint density at radius 3 is 2.59 bits per heavy atom. The zero-order valence-corrected chi connectivity index (χ0v) is 13.9. The molecule has 7 heteroatoms. The Balaban J connectivity index is 2.18. The fourth-order valence-electron chi connectivity index (χ4n) is 2.12. The van der Waals surface area contributed by atoms with Gasteiger partial charge in [0, 0.05) is 26.1 Å². The monoisotopic (exact) mass is 313 g/mol. The summed E-state index contributed by atoms with van der Waals surface area (Å²) in [4.78, 5) is 36.6. The molecule has 0 bridgehead atoms. The molecule has 0 saturated carbocycles. The summed E-state index contributed by atoms with van der Waals surface area (Å²) in [6.45, 7) is 8.83. The highest BCUT2D eigenvalue weighted by molar-refractivity contribution is 5.85. The highest BCUT2D eigenvalue weighted by Crippen LogP contribution is 2.09. The maximum absolute atomic E-state index is 11.8. The predicted octanol–water partition coefficient (Wildman–Crippen LogP) is 1.03. The van der Waals surface area contributed by atoms with Gasteiger partial charge in [0.25, 0.3) is 0 Å². The van der Waals surface area contributed by atoms with E-state index in [1.54, 1.807) is 27.7 Å². The van der Waals surface area contributed by atoms with E-state index in [9.17, 15) is 14.4 Å². The Kier molecular flexibility index (Phi) is 6.64. The number of nitrogens with zero attached hydrogens (tertiary/aromatic N) is 1. The average molecular weight is 313 g/mol. The van der Waals surface area contributed by atoms with Gasteiger partial charge >= 0.3 is 6.09 Å². The molecular formula is C15H27N3O4. The molecule has 7 nitrogen and oxygen atoms in total. The van der Waals surface area contributed by atoms with Gasteiger partial charge in [-0.1, -0.05) is 0 Å². The molecule has 0 aromatic rings. The zero-order chi connectivity index (χ0) is 16.8. The summed E-state index contributed by atoms with van der Waals surface area (Å²) >= 11 is 0. The van der Waals surface area contributed by atoms with Crippen LogP contribution in [-0.4, -0.2) is 54.1 Å². The lowest BCUT2D eigenvalue weighted by Crippen LogP contribution is -2.46. The van der Waals surface area contributed by atoms with Crippen LogP contribution in [0.5, 0.6) is 0 Å². The lowest BCUT2D eigenvalue weighted by Gasteiger charge is -2.21. The Morgan fingerprint density at radius 1 is 1.36 bits per heavy atom. The molecule has 0 radical (unpaired) electrons. The summed E-state index contributed by atoms with van der Waals surface area (Å²) < 4.78 is 5.09. The van der Waals surface area contributed by atoms with Crippen molar-refractivity contribution >= 4 is 17.9 Å². The largest absolute Gasteiger partial charge is 0.444 e. The van der Waals surface area contributed by atoms with E-state index in [2.05, 4.69) is 10.6 Å². The average Bonchev–Trinajstić information content (AvgIpc) is 2.77. The molecule has 2 N–H and O–H groups in total. The van der Waals surface area contributed by atoms with Crippen molar-refractivity contribution in [2.45, 2.75) is 58.6 Å². The smallest absolute Gasteiger partial charge is 0.408 e. The van der Waals surface area contributed by atoms with Gasteiger partial charge in [-0.15, -0.1) is 0 Å². The number of carbonyl (C=O) groups excluding carboxylic acids is 3. The summed E-state index contributed by atoms with van der Waals surface area (Å²) in [5, 5.41) is 5.23. The molecule has 126 valence electrons. The summed E-state index contributed by atoms with van der Waals surface area (Å²) in [6, 6.07) is -0.664. The Hall–Kier alpha value is -1.79. The molecule has 1 fully saturated rings. The van der Waals surface area contributed by atoms with Gasteiger partial charge in [-0.05, 0) is 40.5 Å². The lowest BCUT2D eigenvalue weighted by molar-refractivity contribution is -0.127. The van der Waals surface area contributed by atoms with Crippen LogP contribution in [0.3, 0.4) is 0 Å². The molecule has 0 aromatic heterocycles. The highest BCUT2D eigenvalue weighted by Gasteiger charge is 2.21. The third-order valence-corrected chi connectivity index (χ3v) is 3.20. The summed E-state index contributed by atoms with van der Waals surface area (Å²) in [7, 11) is 0. The summed E-state index contributed by atoms with van der Waals surface area (Å²) in [5.74, 6) is -0.0788. The fraction of sp³-hybridized carbons (Fsp3) is 0.800. The molecular weight excluding hydrogens is 286 g/mol. The van der Waals surface area contributed by atoms with Crippen LogP contribution in [0.1, 0.15) is 47.0 Å². The van der Waals surface area contributed by atoms with Crippen molar-refractivity contribution < 1.29 is 19.1 Å². The number of amides is 3. The first kappa shape index (κ1) is 18.3. The van der Waals surface area contributed by atoms with Gasteiger partial charge < -0.3 is 20.3 Å². The van der Waals surface area contributed by atoms with E-state index in [1.165, 1.54) is 0 Å². The molecule has 22 heavy (non-hydrogen) atoms. The van der Waals surface area contributed by atoms with Gasteiger partial charge in [-0.2, -0.15) is 0 Å². The predicted molar refractivity (Wildman–Crippen MR) is 82.3 cm³/mol. The number of likely N-dealkylation sites (tertiary alicyclic amines) is 1. The van der Waals surface area contributed by atoms with Crippen LogP contribution in [-0.2, 0) is 14.3 Å². The first-order valence-corrected chi connectivity index (χ1v) is 7.74. The second-order valence-corrected chi connectivity index (χ2v) is 6.50. The number of hydrogen-bond acceptors (Lipinski definition) is 4. The van der Waals surface area contributed by atoms with Gasteiger partial charge in [0.2, 0.25) is 11.8 Å². The SMILES string of the molecule is CC(NC(=O)OC(C)(C)C)C(=O)NCCCN1CCCC1=O. The van der Waals surface area contributed by atoms with Gasteiger partial charge in [-0.25, -0.2) is 4.79 Å². The first-order valence-electron chi connectivity index (χ1n) is 7.74. The minimum Gasteiger partial charge on any atom is -0.444 e. The number of nitrogens with one attached hydrogen (secondary N) is 2. The second-order valence-electron chi connectivity index (χ2n) is 6.50. The van der Waals surface area contributed by atoms with Crippen LogP contribution in [0.2, 0.25) is 0 Å². The molecule has 1 heterocycles. The van der Waals surface area contributed by atoms with Crippen LogP contribution >= 0.6 is 0 Å². The van der Waals surface area contributed by atoms with Crippen LogP contribution in [0, 0.1) is 0 Å². The van der Waals surface area contributed by atoms with Crippen LogP contribution in [0.25, 0.3) is 0 Å². The minimum absolute atomic E-state index is 0.186. The quantitative estimate of drug-likeness (QED) is 0.717. The van der Waals surface area contributed by atoms with Crippen molar-refractivity contribution in [2.75, 3.05) is 19.6 Å². The molecule has 1 atom stereocenters. The molecule has 1 unspecified atom stereocenters. The lowest BCUT2D eigenvalue weighted by atomic mass is 10.2. The molecule has 3 amide bonds. The number of carbonyl (C=O) groups is 3. The molecule has 1 saturated heterocycles. The highest BCUT2D eigenvalue weighted by atomic mass is 16.6. The Labute approximate surface area is 131 Å². The third kappa shape index (κ3) is 6.78. The van der Waals surface area contributed by atoms with Gasteiger partial charge in [-0.3, -0.25) is 9.59 Å². The molecule has 1 aliphatic rings. The fourth-order valence-corrected chi connectivity index (χ4v) is 2.12. The van der Waals surface area contributed by atoms with Gasteiger partial charge in [0.1, 0.15) is 11.6 Å². The Morgan fingerprint density at radius 2 is 2.05 bits per heavy atom. The van der Waals surface area contributed by atoms with Crippen molar-refractivity contribution in [1.82, 2.24) is 15.5 Å². The van der Waals surface area contributed by atoms with E-state index >= 15 is 0 Å². The topological polar surface area (TPSA) is 87.7 Å². The standard InChI is InChI=1S/C15H27N3O4/c1-11(17-14(21)22-15(2,3)4)13(20)16-8-6-10-18-9-5-7-12(18)19/h11H,5-10H2,1-4H3,(H,16,20)(H,17,21). The van der Waals surface area contributed by atoms with Crippen molar-refractivity contribution in [3.05, 3.63) is 0 Å². The number of rotatable bonds is 6. The maximum Gasteiger partial charge on any atom is 0.408 e. The van der Waals surface area contributed by atoms with Crippen LogP contribution < -0.4 is 10.6 Å². The Bertz CT molecular complexity index is 418. The van der Waals surface area contributed by atoms with Crippen molar-refractivity contribution in [3.8, 4) is 0 Å². The van der Waals surface area contributed by atoms with Crippen LogP contribution in [0.4, 0.5) is 4.79 Å². The third-order valence-electron chi connectivity index (χ3n) is 3.20. The minimum atomic E-state index is -0.664. The van der Waals surface area contributed by atoms with E-state index in [4.69, 9.17) is 4.74 Å². The second kappa shape index (κ2) is 8.00. The molecule has 0 aliphatic carbocycles. The summed E-state index contributed by atoms with van der Waals surface area (Å²) in [6.07, 6.45) is 1.64. The number of hydrogen-bond donors (Lipinski definition) is 2. The van der Waals surface area contributed by atoms with Crippen molar-refractivity contribution in [3.63, 3.8) is 0 Å². The van der Waals surface area contributed by atoms with E-state index in [-0.39, 0.29) is 11.8 Å². The van der Waals surface area contributed by atoms with E-state index in [1.807, 2.05) is 4.90 Å². The molecule has 1 rings (SSSR count). The van der Waals surface area contributed by atoms with Crippen molar-refractivity contribution in [2.24, 2.45) is 0 Å². The number of alkyl carbamates (subject to hydrolysis) is 1. The van der Waals surface area contributed by atoms with E-state index in [0.29, 0.717) is 25.9 Å². The normalized spacial score (nSPS) is 16.4.